The highest BCUT2D eigenvalue weighted by Gasteiger charge is 2.31. The summed E-state index contributed by atoms with van der Waals surface area (Å²) in [6.07, 6.45) is -5.59. The number of aliphatic hydroxyl groups is 3. The molecule has 1 aromatic rings. The van der Waals surface area contributed by atoms with Gasteiger partial charge in [-0.25, -0.2) is 4.79 Å². The van der Waals surface area contributed by atoms with E-state index >= 15 is 0 Å². The lowest BCUT2D eigenvalue weighted by Crippen LogP contribution is -2.49. The molecule has 0 fully saturated rings. The summed E-state index contributed by atoms with van der Waals surface area (Å²) in [5.74, 6) is -2.93. The van der Waals surface area contributed by atoms with Crippen molar-refractivity contribution in [2.24, 2.45) is 0 Å². The number of phenols is 1. The molecule has 0 spiro atoms. The van der Waals surface area contributed by atoms with Crippen LogP contribution in [0.1, 0.15) is 18.6 Å². The molecule has 0 radical (unpaired) electrons. The quantitative estimate of drug-likeness (QED) is 0.384. The van der Waals surface area contributed by atoms with Gasteiger partial charge in [-0.3, -0.25) is 4.79 Å². The number of nitrogens with one attached hydrogen (secondary N) is 1. The predicted molar refractivity (Wildman–Crippen MR) is 70.3 cm³/mol. The molecule has 0 bridgehead atoms. The molecular weight excluding hydrogens is 282 g/mol. The molecule has 0 aliphatic rings. The summed E-state index contributed by atoms with van der Waals surface area (Å²) in [5.41, 5.74) is 0.330. The molecule has 8 nitrogen and oxygen atoms in total. The van der Waals surface area contributed by atoms with Gasteiger partial charge in [-0.15, -0.1) is 0 Å². The minimum Gasteiger partial charge on any atom is -0.508 e. The molecule has 1 rings (SSSR count). The first-order valence-corrected chi connectivity index (χ1v) is 6.10. The molecule has 4 atom stereocenters. The molecule has 8 heteroatoms. The lowest BCUT2D eigenvalue weighted by molar-refractivity contribution is -0.158. The highest BCUT2D eigenvalue weighted by atomic mass is 16.4. The summed E-state index contributed by atoms with van der Waals surface area (Å²) in [6.45, 7) is 1.42. The summed E-state index contributed by atoms with van der Waals surface area (Å²) >= 11 is 0. The molecule has 1 aromatic carbocycles. The van der Waals surface area contributed by atoms with Crippen molar-refractivity contribution >= 4 is 11.9 Å². The Morgan fingerprint density at radius 2 is 1.76 bits per heavy atom. The third-order valence-corrected chi connectivity index (χ3v) is 2.88. The van der Waals surface area contributed by atoms with E-state index in [1.807, 2.05) is 0 Å². The Hall–Kier alpha value is -2.16. The van der Waals surface area contributed by atoms with Gasteiger partial charge in [0.2, 0.25) is 0 Å². The molecule has 0 unspecified atom stereocenters. The number of aliphatic hydroxyl groups excluding tert-OH is 3. The first-order valence-electron chi connectivity index (χ1n) is 6.10. The largest absolute Gasteiger partial charge is 0.508 e. The highest BCUT2D eigenvalue weighted by molar-refractivity contribution is 5.87. The van der Waals surface area contributed by atoms with E-state index in [2.05, 4.69) is 5.32 Å². The fourth-order valence-electron chi connectivity index (χ4n) is 1.66. The van der Waals surface area contributed by atoms with Crippen LogP contribution in [0.15, 0.2) is 24.3 Å². The number of carbonyl (C=O) groups is 2. The number of carboxylic acids is 1. The second kappa shape index (κ2) is 7.02. The molecule has 0 heterocycles. The Labute approximate surface area is 120 Å². The van der Waals surface area contributed by atoms with E-state index in [4.69, 9.17) is 10.2 Å². The summed E-state index contributed by atoms with van der Waals surface area (Å²) in [5, 5.41) is 48.4. The van der Waals surface area contributed by atoms with Gasteiger partial charge in [0.1, 0.15) is 5.75 Å². The minimum atomic E-state index is -2.25. The van der Waals surface area contributed by atoms with Crippen LogP contribution in [-0.2, 0) is 9.59 Å². The standard InChI is InChI=1S/C13H17NO7/c1-6(9(16)7-3-2-4-8(15)5-7)14-12(19)10(17)11(18)13(20)21/h2-6,9-11,15-18H,1H3,(H,14,19)(H,20,21)/t6-,9-,10+,11+/m0/s1. The van der Waals surface area contributed by atoms with Crippen molar-refractivity contribution in [1.29, 1.82) is 0 Å². The molecular formula is C13H17NO7. The zero-order chi connectivity index (χ0) is 16.2. The summed E-state index contributed by atoms with van der Waals surface area (Å²) in [7, 11) is 0. The van der Waals surface area contributed by atoms with Crippen LogP contribution < -0.4 is 5.32 Å². The van der Waals surface area contributed by atoms with Crippen molar-refractivity contribution in [1.82, 2.24) is 5.32 Å². The van der Waals surface area contributed by atoms with Crippen LogP contribution >= 0.6 is 0 Å². The van der Waals surface area contributed by atoms with Crippen LogP contribution in [0.5, 0.6) is 5.75 Å². The summed E-state index contributed by atoms with van der Waals surface area (Å²) in [6, 6.07) is 4.86. The second-order valence-corrected chi connectivity index (χ2v) is 4.56. The SMILES string of the molecule is C[C@H](NC(=O)[C@H](O)[C@@H](O)C(=O)O)[C@H](O)c1cccc(O)c1. The number of aliphatic carboxylic acids is 1. The van der Waals surface area contributed by atoms with Crippen molar-refractivity contribution in [3.05, 3.63) is 29.8 Å². The first kappa shape index (κ1) is 16.9. The predicted octanol–water partition coefficient (Wildman–Crippen LogP) is -1.26. The van der Waals surface area contributed by atoms with Crippen LogP contribution in [-0.4, -0.2) is 55.7 Å². The maximum atomic E-state index is 11.6. The van der Waals surface area contributed by atoms with E-state index in [9.17, 15) is 24.9 Å². The number of hydrogen-bond acceptors (Lipinski definition) is 6. The normalized spacial score (nSPS) is 16.6. The number of hydrogen-bond donors (Lipinski definition) is 6. The molecule has 6 N–H and O–H groups in total. The Morgan fingerprint density at radius 1 is 1.14 bits per heavy atom. The third kappa shape index (κ3) is 4.42. The Bertz CT molecular complexity index is 519. The molecule has 0 aromatic heterocycles. The van der Waals surface area contributed by atoms with Crippen LogP contribution in [0, 0.1) is 0 Å². The van der Waals surface area contributed by atoms with Crippen molar-refractivity contribution < 1.29 is 35.1 Å². The molecule has 0 saturated carbocycles. The van der Waals surface area contributed by atoms with Gasteiger partial charge in [0.05, 0.1) is 12.1 Å². The van der Waals surface area contributed by atoms with E-state index in [1.54, 1.807) is 0 Å². The number of benzene rings is 1. The fourth-order valence-corrected chi connectivity index (χ4v) is 1.66. The van der Waals surface area contributed by atoms with Gasteiger partial charge in [0.15, 0.2) is 12.2 Å². The number of aromatic hydroxyl groups is 1. The number of carboxylic acid groups (broad SMARTS) is 1. The topological polar surface area (TPSA) is 147 Å². The van der Waals surface area contributed by atoms with Crippen molar-refractivity contribution in [2.75, 3.05) is 0 Å². The molecule has 116 valence electrons. The van der Waals surface area contributed by atoms with Crippen LogP contribution in [0.25, 0.3) is 0 Å². The molecule has 0 aliphatic heterocycles. The second-order valence-electron chi connectivity index (χ2n) is 4.56. The number of phenolic OH excluding ortho intramolecular Hbond substituents is 1. The van der Waals surface area contributed by atoms with E-state index in [0.29, 0.717) is 5.56 Å². The van der Waals surface area contributed by atoms with Crippen molar-refractivity contribution in [2.45, 2.75) is 31.3 Å². The van der Waals surface area contributed by atoms with Gasteiger partial charge in [-0.05, 0) is 24.6 Å². The lowest BCUT2D eigenvalue weighted by atomic mass is 10.0. The lowest BCUT2D eigenvalue weighted by Gasteiger charge is -2.23. The van der Waals surface area contributed by atoms with E-state index in [-0.39, 0.29) is 5.75 Å². The van der Waals surface area contributed by atoms with Gasteiger partial charge in [0.25, 0.3) is 5.91 Å². The number of carbonyl (C=O) groups excluding carboxylic acids is 1. The Kier molecular flexibility index (Phi) is 5.65. The minimum absolute atomic E-state index is 0.0635. The van der Waals surface area contributed by atoms with Crippen LogP contribution in [0.2, 0.25) is 0 Å². The van der Waals surface area contributed by atoms with E-state index in [0.717, 1.165) is 0 Å². The Morgan fingerprint density at radius 3 is 2.29 bits per heavy atom. The maximum absolute atomic E-state index is 11.6. The maximum Gasteiger partial charge on any atom is 0.335 e. The van der Waals surface area contributed by atoms with Crippen molar-refractivity contribution in [3.8, 4) is 5.75 Å². The van der Waals surface area contributed by atoms with E-state index in [1.165, 1.54) is 31.2 Å². The fraction of sp³-hybridized carbons (Fsp3) is 0.385. The summed E-state index contributed by atoms with van der Waals surface area (Å²) in [4.78, 5) is 22.0. The zero-order valence-electron chi connectivity index (χ0n) is 11.2. The van der Waals surface area contributed by atoms with Crippen molar-refractivity contribution in [3.63, 3.8) is 0 Å². The number of amides is 1. The molecule has 0 aliphatic carbocycles. The van der Waals surface area contributed by atoms with Crippen LogP contribution in [0.3, 0.4) is 0 Å². The van der Waals surface area contributed by atoms with Gasteiger partial charge >= 0.3 is 5.97 Å². The van der Waals surface area contributed by atoms with Crippen LogP contribution in [0.4, 0.5) is 0 Å². The Balaban J connectivity index is 2.70. The van der Waals surface area contributed by atoms with Gasteiger partial charge < -0.3 is 30.8 Å². The van der Waals surface area contributed by atoms with E-state index < -0.39 is 36.2 Å². The van der Waals surface area contributed by atoms with Gasteiger partial charge in [-0.2, -0.15) is 0 Å². The average molecular weight is 299 g/mol. The molecule has 21 heavy (non-hydrogen) atoms. The monoisotopic (exact) mass is 299 g/mol. The number of rotatable bonds is 6. The van der Waals surface area contributed by atoms with Gasteiger partial charge in [0, 0.05) is 0 Å². The average Bonchev–Trinajstić information content (AvgIpc) is 2.44. The highest BCUT2D eigenvalue weighted by Crippen LogP contribution is 2.20. The zero-order valence-corrected chi connectivity index (χ0v) is 11.2. The summed E-state index contributed by atoms with van der Waals surface area (Å²) < 4.78 is 0. The first-order chi connectivity index (χ1) is 9.73. The molecule has 1 amide bonds. The van der Waals surface area contributed by atoms with Gasteiger partial charge in [-0.1, -0.05) is 12.1 Å². The smallest absolute Gasteiger partial charge is 0.335 e. The third-order valence-electron chi connectivity index (χ3n) is 2.88. The molecule has 0 saturated heterocycles.